The van der Waals surface area contributed by atoms with E-state index in [4.69, 9.17) is 19.6 Å². The molecule has 1 aliphatic rings. The van der Waals surface area contributed by atoms with Gasteiger partial charge in [-0.25, -0.2) is 4.98 Å². The van der Waals surface area contributed by atoms with E-state index in [1.807, 2.05) is 0 Å². The van der Waals surface area contributed by atoms with Crippen molar-refractivity contribution < 1.29 is 23.5 Å². The molecule has 0 radical (unpaired) electrons. The second-order valence-corrected chi connectivity index (χ2v) is 7.02. The number of imide groups is 1. The maximum Gasteiger partial charge on any atom is 0.262 e. The minimum absolute atomic E-state index is 0.0270. The Morgan fingerprint density at radius 1 is 0.969 bits per heavy atom. The van der Waals surface area contributed by atoms with Gasteiger partial charge in [-0.15, -0.1) is 0 Å². The number of amides is 2. The fourth-order valence-electron chi connectivity index (χ4n) is 3.69. The number of fused-ring (bicyclic) bond motifs is 2. The average molecular weight is 432 g/mol. The predicted octanol–water partition coefficient (Wildman–Crippen LogP) is 2.13. The van der Waals surface area contributed by atoms with Gasteiger partial charge in [0.15, 0.2) is 17.1 Å². The Kier molecular flexibility index (Phi) is 4.22. The lowest BCUT2D eigenvalue weighted by molar-refractivity contribution is 0.0880. The van der Waals surface area contributed by atoms with Crippen LogP contribution in [0.1, 0.15) is 20.7 Å². The number of nitrogen functional groups attached to an aromatic ring is 1. The molecule has 10 nitrogen and oxygen atoms in total. The van der Waals surface area contributed by atoms with E-state index < -0.39 is 17.4 Å². The third-order valence-corrected chi connectivity index (χ3v) is 5.21. The molecule has 1 aliphatic heterocycles. The molecule has 0 saturated heterocycles. The molecule has 3 N–H and O–H groups in total. The molecule has 4 aromatic rings. The third kappa shape index (κ3) is 2.81. The van der Waals surface area contributed by atoms with Gasteiger partial charge < -0.3 is 19.6 Å². The van der Waals surface area contributed by atoms with Crippen LogP contribution in [0.2, 0.25) is 0 Å². The molecule has 10 heteroatoms. The first-order chi connectivity index (χ1) is 15.4. The fourth-order valence-corrected chi connectivity index (χ4v) is 3.69. The summed E-state index contributed by atoms with van der Waals surface area (Å²) in [5.41, 5.74) is 7.50. The molecule has 2 amide bonds. The summed E-state index contributed by atoms with van der Waals surface area (Å²) in [6.07, 6.45) is 0. The molecule has 0 atom stereocenters. The van der Waals surface area contributed by atoms with Gasteiger partial charge in [-0.1, -0.05) is 0 Å². The molecule has 3 heterocycles. The highest BCUT2D eigenvalue weighted by Crippen LogP contribution is 2.33. The summed E-state index contributed by atoms with van der Waals surface area (Å²) in [5, 5.41) is 2.14. The first-order valence-electron chi connectivity index (χ1n) is 9.46. The molecule has 0 aliphatic carbocycles. The lowest BCUT2D eigenvalue weighted by Crippen LogP contribution is -2.24. The maximum atomic E-state index is 12.7. The van der Waals surface area contributed by atoms with Crippen molar-refractivity contribution >= 4 is 28.7 Å². The van der Waals surface area contributed by atoms with E-state index in [0.29, 0.717) is 39.7 Å². The molecule has 2 aromatic carbocycles. The standard InChI is InChI=1S/C22H16N4O6/c1-30-15-5-3-10(7-16(15)31-2)22-24-13-8-11(4-6-14(13)32-22)26-17(27)9-12-18(19(26)23)21(29)25-20(12)28/h3-9H,23H2,1-2H3,(H,25,28,29). The average Bonchev–Trinajstić information content (AvgIpc) is 3.33. The number of hydrogen-bond donors (Lipinski definition) is 2. The fraction of sp³-hybridized carbons (Fsp3) is 0.0909. The van der Waals surface area contributed by atoms with E-state index in [1.54, 1.807) is 43.5 Å². The minimum atomic E-state index is -0.646. The molecule has 0 unspecified atom stereocenters. The smallest absolute Gasteiger partial charge is 0.262 e. The normalized spacial score (nSPS) is 12.7. The molecule has 2 aromatic heterocycles. The number of carbonyl (C=O) groups is 2. The largest absolute Gasteiger partial charge is 0.493 e. The van der Waals surface area contributed by atoms with Gasteiger partial charge in [0, 0.05) is 11.6 Å². The van der Waals surface area contributed by atoms with E-state index in [0.717, 1.165) is 10.6 Å². The second-order valence-electron chi connectivity index (χ2n) is 7.02. The van der Waals surface area contributed by atoms with Gasteiger partial charge in [-0.05, 0) is 36.4 Å². The maximum absolute atomic E-state index is 12.7. The summed E-state index contributed by atoms with van der Waals surface area (Å²) in [5.74, 6) is 0.0278. The highest BCUT2D eigenvalue weighted by Gasteiger charge is 2.32. The number of oxazole rings is 1. The van der Waals surface area contributed by atoms with Crippen LogP contribution in [0.3, 0.4) is 0 Å². The van der Waals surface area contributed by atoms with Crippen LogP contribution in [0.5, 0.6) is 11.5 Å². The van der Waals surface area contributed by atoms with Crippen LogP contribution in [-0.4, -0.2) is 35.6 Å². The number of nitrogens with zero attached hydrogens (tertiary/aromatic N) is 2. The van der Waals surface area contributed by atoms with Gasteiger partial charge in [0.05, 0.1) is 31.0 Å². The highest BCUT2D eigenvalue weighted by molar-refractivity contribution is 6.23. The molecule has 160 valence electrons. The molecule has 5 rings (SSSR count). The van der Waals surface area contributed by atoms with Crippen molar-refractivity contribution in [1.82, 2.24) is 14.9 Å². The molecule has 0 spiro atoms. The van der Waals surface area contributed by atoms with Gasteiger partial charge in [0.2, 0.25) is 5.89 Å². The van der Waals surface area contributed by atoms with E-state index in [9.17, 15) is 14.4 Å². The summed E-state index contributed by atoms with van der Waals surface area (Å²) < 4.78 is 17.6. The molecule has 0 bridgehead atoms. The number of carbonyl (C=O) groups excluding carboxylic acids is 2. The van der Waals surface area contributed by atoms with E-state index in [1.165, 1.54) is 7.11 Å². The third-order valence-electron chi connectivity index (χ3n) is 5.21. The number of rotatable bonds is 4. The van der Waals surface area contributed by atoms with Crippen molar-refractivity contribution in [2.75, 3.05) is 20.0 Å². The number of aromatic nitrogens is 2. The number of ether oxygens (including phenoxy) is 2. The van der Waals surface area contributed by atoms with Gasteiger partial charge >= 0.3 is 0 Å². The zero-order chi connectivity index (χ0) is 22.6. The molecule has 32 heavy (non-hydrogen) atoms. The second kappa shape index (κ2) is 6.98. The van der Waals surface area contributed by atoms with E-state index >= 15 is 0 Å². The minimum Gasteiger partial charge on any atom is -0.493 e. The number of benzene rings is 2. The molecular weight excluding hydrogens is 416 g/mol. The summed E-state index contributed by atoms with van der Waals surface area (Å²) >= 11 is 0. The summed E-state index contributed by atoms with van der Waals surface area (Å²) in [4.78, 5) is 41.1. The van der Waals surface area contributed by atoms with Crippen LogP contribution >= 0.6 is 0 Å². The Hall–Kier alpha value is -4.60. The zero-order valence-corrected chi connectivity index (χ0v) is 17.0. The topological polar surface area (TPSA) is 139 Å². The van der Waals surface area contributed by atoms with Gasteiger partial charge in [0.25, 0.3) is 17.4 Å². The van der Waals surface area contributed by atoms with Crippen LogP contribution in [-0.2, 0) is 0 Å². The Balaban J connectivity index is 1.62. The first-order valence-corrected chi connectivity index (χ1v) is 9.46. The lowest BCUT2D eigenvalue weighted by atomic mass is 10.1. The van der Waals surface area contributed by atoms with Crippen LogP contribution in [0, 0.1) is 0 Å². The first kappa shape index (κ1) is 19.4. The van der Waals surface area contributed by atoms with Crippen molar-refractivity contribution in [3.63, 3.8) is 0 Å². The number of nitrogens with one attached hydrogen (secondary N) is 1. The monoisotopic (exact) mass is 432 g/mol. The lowest BCUT2D eigenvalue weighted by Gasteiger charge is -2.11. The summed E-state index contributed by atoms with van der Waals surface area (Å²) in [6, 6.07) is 11.2. The van der Waals surface area contributed by atoms with Crippen molar-refractivity contribution in [2.24, 2.45) is 0 Å². The predicted molar refractivity (Wildman–Crippen MR) is 114 cm³/mol. The van der Waals surface area contributed by atoms with Gasteiger partial charge in [-0.3, -0.25) is 24.3 Å². The van der Waals surface area contributed by atoms with Crippen molar-refractivity contribution in [3.8, 4) is 28.6 Å². The Morgan fingerprint density at radius 3 is 2.50 bits per heavy atom. The van der Waals surface area contributed by atoms with Crippen LogP contribution < -0.4 is 26.1 Å². The van der Waals surface area contributed by atoms with E-state index in [2.05, 4.69) is 10.3 Å². The molecule has 0 saturated carbocycles. The summed E-state index contributed by atoms with van der Waals surface area (Å²) in [6.45, 7) is 0. The van der Waals surface area contributed by atoms with Crippen LogP contribution in [0.4, 0.5) is 5.82 Å². The number of hydrogen-bond acceptors (Lipinski definition) is 8. The van der Waals surface area contributed by atoms with Crippen molar-refractivity contribution in [3.05, 3.63) is 63.9 Å². The van der Waals surface area contributed by atoms with Gasteiger partial charge in [-0.2, -0.15) is 0 Å². The molecule has 0 fully saturated rings. The number of nitrogens with two attached hydrogens (primary N) is 1. The van der Waals surface area contributed by atoms with Gasteiger partial charge in [0.1, 0.15) is 11.3 Å². The SMILES string of the molecule is COc1ccc(-c2nc3cc(-n4c(N)c5c(cc4=O)C(=O)NC5=O)ccc3o2)cc1OC. The number of methoxy groups -OCH3 is 2. The highest BCUT2D eigenvalue weighted by atomic mass is 16.5. The zero-order valence-electron chi connectivity index (χ0n) is 17.0. The van der Waals surface area contributed by atoms with Crippen LogP contribution in [0.25, 0.3) is 28.2 Å². The van der Waals surface area contributed by atoms with E-state index in [-0.39, 0.29) is 16.9 Å². The Morgan fingerprint density at radius 2 is 1.75 bits per heavy atom. The number of pyridine rings is 1. The van der Waals surface area contributed by atoms with Crippen molar-refractivity contribution in [2.45, 2.75) is 0 Å². The van der Waals surface area contributed by atoms with Crippen molar-refractivity contribution in [1.29, 1.82) is 0 Å². The molecular formula is C22H16N4O6. The van der Waals surface area contributed by atoms with Crippen LogP contribution in [0.15, 0.2) is 51.7 Å². The Bertz CT molecular complexity index is 1500. The summed E-state index contributed by atoms with van der Waals surface area (Å²) in [7, 11) is 3.08. The number of anilines is 1. The quantitative estimate of drug-likeness (QED) is 0.468. The Labute approximate surface area is 180 Å².